The highest BCUT2D eigenvalue weighted by atomic mass is 32.2. The van der Waals surface area contributed by atoms with E-state index in [0.29, 0.717) is 32.0 Å². The van der Waals surface area contributed by atoms with Crippen molar-refractivity contribution in [3.05, 3.63) is 29.6 Å². The second kappa shape index (κ2) is 7.91. The smallest absolute Gasteiger partial charge is 0.253 e. The van der Waals surface area contributed by atoms with Crippen LogP contribution in [-0.2, 0) is 14.8 Å². The van der Waals surface area contributed by atoms with Crippen molar-refractivity contribution in [2.75, 3.05) is 57.6 Å². The predicted octanol–water partition coefficient (Wildman–Crippen LogP) is 0.284. The van der Waals surface area contributed by atoms with Crippen LogP contribution in [0.1, 0.15) is 10.4 Å². The molecule has 1 aromatic rings. The molecule has 0 radical (unpaired) electrons. The molecule has 0 aliphatic carbocycles. The Morgan fingerprint density at radius 3 is 2.62 bits per heavy atom. The van der Waals surface area contributed by atoms with Crippen molar-refractivity contribution in [1.29, 1.82) is 0 Å². The molecule has 9 heteroatoms. The Morgan fingerprint density at radius 2 is 2.00 bits per heavy atom. The third-order valence-electron chi connectivity index (χ3n) is 3.66. The SMILES string of the molecule is CN(CCNS(C)(=O)=O)C(=O)c1cc(F)cc(N2CCOCC2)c1. The minimum atomic E-state index is -3.30. The summed E-state index contributed by atoms with van der Waals surface area (Å²) >= 11 is 0. The van der Waals surface area contributed by atoms with Gasteiger partial charge in [0, 0.05) is 44.5 Å². The molecule has 0 atom stereocenters. The molecule has 1 aromatic carbocycles. The number of amides is 1. The van der Waals surface area contributed by atoms with Gasteiger partial charge in [-0.3, -0.25) is 4.79 Å². The zero-order chi connectivity index (χ0) is 17.7. The number of carbonyl (C=O) groups is 1. The molecular formula is C15H22FN3O4S. The maximum atomic E-state index is 13.9. The Morgan fingerprint density at radius 1 is 1.33 bits per heavy atom. The van der Waals surface area contributed by atoms with Gasteiger partial charge in [-0.15, -0.1) is 0 Å². The number of hydrogen-bond acceptors (Lipinski definition) is 5. The van der Waals surface area contributed by atoms with E-state index in [1.165, 1.54) is 17.0 Å². The van der Waals surface area contributed by atoms with Gasteiger partial charge in [-0.05, 0) is 18.2 Å². The molecule has 1 N–H and O–H groups in total. The second-order valence-corrected chi connectivity index (χ2v) is 7.52. The number of ether oxygens (including phenoxy) is 1. The van der Waals surface area contributed by atoms with Gasteiger partial charge >= 0.3 is 0 Å². The van der Waals surface area contributed by atoms with E-state index in [4.69, 9.17) is 4.74 Å². The van der Waals surface area contributed by atoms with E-state index in [9.17, 15) is 17.6 Å². The molecule has 0 saturated carbocycles. The van der Waals surface area contributed by atoms with Crippen LogP contribution in [-0.4, -0.2) is 71.9 Å². The highest BCUT2D eigenvalue weighted by Gasteiger charge is 2.17. The van der Waals surface area contributed by atoms with E-state index < -0.39 is 15.8 Å². The highest BCUT2D eigenvalue weighted by Crippen LogP contribution is 2.20. The number of hydrogen-bond donors (Lipinski definition) is 1. The van der Waals surface area contributed by atoms with Crippen LogP contribution < -0.4 is 9.62 Å². The highest BCUT2D eigenvalue weighted by molar-refractivity contribution is 7.88. The molecule has 1 aliphatic rings. The Labute approximate surface area is 141 Å². The number of benzene rings is 1. The average Bonchev–Trinajstić information content (AvgIpc) is 2.53. The lowest BCUT2D eigenvalue weighted by Crippen LogP contribution is -2.37. The van der Waals surface area contributed by atoms with Gasteiger partial charge < -0.3 is 14.5 Å². The number of likely N-dealkylation sites (N-methyl/N-ethyl adjacent to an activating group) is 1. The van der Waals surface area contributed by atoms with Crippen molar-refractivity contribution >= 4 is 21.6 Å². The summed E-state index contributed by atoms with van der Waals surface area (Å²) in [5, 5.41) is 0. The number of sulfonamides is 1. The van der Waals surface area contributed by atoms with Crippen molar-refractivity contribution in [3.8, 4) is 0 Å². The summed E-state index contributed by atoms with van der Waals surface area (Å²) in [5.74, 6) is -0.843. The first kappa shape index (κ1) is 18.6. The van der Waals surface area contributed by atoms with Crippen molar-refractivity contribution in [2.24, 2.45) is 0 Å². The van der Waals surface area contributed by atoms with Gasteiger partial charge in [-0.2, -0.15) is 0 Å². The topological polar surface area (TPSA) is 79.0 Å². The Kier molecular flexibility index (Phi) is 6.14. The zero-order valence-corrected chi connectivity index (χ0v) is 14.6. The summed E-state index contributed by atoms with van der Waals surface area (Å²) in [6, 6.07) is 4.23. The van der Waals surface area contributed by atoms with Crippen LogP contribution >= 0.6 is 0 Å². The summed E-state index contributed by atoms with van der Waals surface area (Å²) in [5.41, 5.74) is 0.877. The largest absolute Gasteiger partial charge is 0.378 e. The fourth-order valence-corrected chi connectivity index (χ4v) is 2.88. The summed E-state index contributed by atoms with van der Waals surface area (Å²) in [6.45, 7) is 2.71. The van der Waals surface area contributed by atoms with Crippen LogP contribution in [0.3, 0.4) is 0 Å². The first-order valence-corrected chi connectivity index (χ1v) is 9.49. The molecule has 1 aliphatic heterocycles. The van der Waals surface area contributed by atoms with Gasteiger partial charge in [0.15, 0.2) is 0 Å². The summed E-state index contributed by atoms with van der Waals surface area (Å²) in [7, 11) is -1.76. The lowest BCUT2D eigenvalue weighted by atomic mass is 10.1. The Bertz CT molecular complexity index is 690. The number of carbonyl (C=O) groups excluding carboxylic acids is 1. The molecule has 0 aromatic heterocycles. The van der Waals surface area contributed by atoms with E-state index in [1.54, 1.807) is 13.1 Å². The van der Waals surface area contributed by atoms with Gasteiger partial charge in [0.2, 0.25) is 10.0 Å². The van der Waals surface area contributed by atoms with Crippen LogP contribution in [0.25, 0.3) is 0 Å². The molecule has 2 rings (SSSR count). The van der Waals surface area contributed by atoms with Gasteiger partial charge in [0.25, 0.3) is 5.91 Å². The molecule has 7 nitrogen and oxygen atoms in total. The van der Waals surface area contributed by atoms with Crippen molar-refractivity contribution in [2.45, 2.75) is 0 Å². The van der Waals surface area contributed by atoms with Crippen molar-refractivity contribution < 1.29 is 22.3 Å². The van der Waals surface area contributed by atoms with Crippen LogP contribution in [0.2, 0.25) is 0 Å². The van der Waals surface area contributed by atoms with E-state index in [1.807, 2.05) is 4.90 Å². The molecule has 1 heterocycles. The number of nitrogens with one attached hydrogen (secondary N) is 1. The van der Waals surface area contributed by atoms with Gasteiger partial charge in [0.1, 0.15) is 5.82 Å². The minimum Gasteiger partial charge on any atom is -0.378 e. The molecule has 0 unspecified atom stereocenters. The monoisotopic (exact) mass is 359 g/mol. The Balaban J connectivity index is 2.06. The first-order valence-electron chi connectivity index (χ1n) is 7.59. The molecule has 134 valence electrons. The molecule has 1 saturated heterocycles. The molecule has 24 heavy (non-hydrogen) atoms. The fraction of sp³-hybridized carbons (Fsp3) is 0.533. The molecule has 0 spiro atoms. The summed E-state index contributed by atoms with van der Waals surface area (Å²) in [4.78, 5) is 15.8. The van der Waals surface area contributed by atoms with Gasteiger partial charge in [-0.25, -0.2) is 17.5 Å². The predicted molar refractivity (Wildman–Crippen MR) is 89.2 cm³/mol. The number of morpholine rings is 1. The Hall–Kier alpha value is -1.71. The fourth-order valence-electron chi connectivity index (χ4n) is 2.42. The minimum absolute atomic E-state index is 0.104. The summed E-state index contributed by atoms with van der Waals surface area (Å²) < 4.78 is 43.6. The van der Waals surface area contributed by atoms with E-state index in [0.717, 1.165) is 6.26 Å². The normalized spacial score (nSPS) is 15.4. The van der Waals surface area contributed by atoms with E-state index >= 15 is 0 Å². The standard InChI is InChI=1S/C15H22FN3O4S/c1-18(4-3-17-24(2,21)22)15(20)12-9-13(16)11-14(10-12)19-5-7-23-8-6-19/h9-11,17H,3-8H2,1-2H3. The van der Waals surface area contributed by atoms with Gasteiger partial charge in [-0.1, -0.05) is 0 Å². The van der Waals surface area contributed by atoms with Crippen molar-refractivity contribution in [3.63, 3.8) is 0 Å². The summed E-state index contributed by atoms with van der Waals surface area (Å²) in [6.07, 6.45) is 1.05. The maximum absolute atomic E-state index is 13.9. The number of rotatable bonds is 6. The number of halogens is 1. The third-order valence-corrected chi connectivity index (χ3v) is 4.39. The third kappa shape index (κ3) is 5.43. The van der Waals surface area contributed by atoms with E-state index in [-0.39, 0.29) is 24.6 Å². The lowest BCUT2D eigenvalue weighted by molar-refractivity contribution is 0.0797. The van der Waals surface area contributed by atoms with Gasteiger partial charge in [0.05, 0.1) is 19.5 Å². The lowest BCUT2D eigenvalue weighted by Gasteiger charge is -2.29. The second-order valence-electron chi connectivity index (χ2n) is 5.69. The van der Waals surface area contributed by atoms with Crippen LogP contribution in [0.5, 0.6) is 0 Å². The molecular weight excluding hydrogens is 337 g/mol. The molecule has 1 amide bonds. The first-order chi connectivity index (χ1) is 11.3. The quantitative estimate of drug-likeness (QED) is 0.790. The molecule has 0 bridgehead atoms. The maximum Gasteiger partial charge on any atom is 0.253 e. The number of anilines is 1. The van der Waals surface area contributed by atoms with Crippen molar-refractivity contribution in [1.82, 2.24) is 9.62 Å². The van der Waals surface area contributed by atoms with Crippen LogP contribution in [0.4, 0.5) is 10.1 Å². The van der Waals surface area contributed by atoms with E-state index in [2.05, 4.69) is 4.72 Å². The van der Waals surface area contributed by atoms with Crippen LogP contribution in [0, 0.1) is 5.82 Å². The number of nitrogens with zero attached hydrogens (tertiary/aromatic N) is 2. The zero-order valence-electron chi connectivity index (χ0n) is 13.8. The average molecular weight is 359 g/mol. The van der Waals surface area contributed by atoms with Crippen LogP contribution in [0.15, 0.2) is 18.2 Å². The molecule has 1 fully saturated rings.